The monoisotopic (exact) mass is 376 g/mol. The Balaban J connectivity index is 2.04. The fourth-order valence-corrected chi connectivity index (χ4v) is 4.64. The largest absolute Gasteiger partial charge is 0.354 e. The van der Waals surface area contributed by atoms with Gasteiger partial charge in [-0.05, 0) is 51.3 Å². The van der Waals surface area contributed by atoms with Crippen LogP contribution in [-0.2, 0) is 30.7 Å². The number of fused-ring (bicyclic) bond motifs is 3. The molecule has 0 aliphatic heterocycles. The summed E-state index contributed by atoms with van der Waals surface area (Å²) in [4.78, 5) is 34.5. The maximum absolute atomic E-state index is 13.3. The third-order valence-electron chi connectivity index (χ3n) is 4.62. The third-order valence-corrected chi connectivity index (χ3v) is 5.81. The van der Waals surface area contributed by atoms with Crippen molar-refractivity contribution in [2.24, 2.45) is 5.92 Å². The van der Waals surface area contributed by atoms with E-state index in [-0.39, 0.29) is 18.0 Å². The topological polar surface area (TPSA) is 67.2 Å². The zero-order valence-electron chi connectivity index (χ0n) is 16.1. The Morgan fingerprint density at radius 3 is 2.73 bits per heavy atom. The van der Waals surface area contributed by atoms with Gasteiger partial charge in [-0.3, -0.25) is 14.2 Å². The maximum atomic E-state index is 13.3. The number of aromatic nitrogens is 2. The SMILES string of the molecule is CC(C)CNC(=O)Cn1c(CN(C)C)nc2sc3c(c2c1=O)CCCC3. The van der Waals surface area contributed by atoms with Crippen molar-refractivity contribution < 1.29 is 4.79 Å². The van der Waals surface area contributed by atoms with Crippen molar-refractivity contribution >= 4 is 27.5 Å². The van der Waals surface area contributed by atoms with Crippen molar-refractivity contribution in [2.45, 2.75) is 52.6 Å². The first-order chi connectivity index (χ1) is 12.4. The van der Waals surface area contributed by atoms with Gasteiger partial charge in [0.05, 0.1) is 11.9 Å². The minimum absolute atomic E-state index is 0.0300. The number of hydrogen-bond donors (Lipinski definition) is 1. The van der Waals surface area contributed by atoms with E-state index in [4.69, 9.17) is 4.98 Å². The molecule has 2 aromatic heterocycles. The summed E-state index contributed by atoms with van der Waals surface area (Å²) in [5, 5.41) is 3.64. The smallest absolute Gasteiger partial charge is 0.263 e. The van der Waals surface area contributed by atoms with Crippen molar-refractivity contribution in [3.63, 3.8) is 0 Å². The second-order valence-electron chi connectivity index (χ2n) is 7.75. The molecule has 1 amide bonds. The quantitative estimate of drug-likeness (QED) is 0.839. The van der Waals surface area contributed by atoms with Crippen LogP contribution in [0.2, 0.25) is 0 Å². The van der Waals surface area contributed by atoms with Crippen LogP contribution in [0.4, 0.5) is 0 Å². The first-order valence-electron chi connectivity index (χ1n) is 9.32. The summed E-state index contributed by atoms with van der Waals surface area (Å²) < 4.78 is 1.57. The van der Waals surface area contributed by atoms with E-state index in [2.05, 4.69) is 19.2 Å². The summed E-state index contributed by atoms with van der Waals surface area (Å²) in [6, 6.07) is 0. The lowest BCUT2D eigenvalue weighted by molar-refractivity contribution is -0.121. The molecule has 2 heterocycles. The van der Waals surface area contributed by atoms with Crippen LogP contribution in [0.25, 0.3) is 10.2 Å². The summed E-state index contributed by atoms with van der Waals surface area (Å²) in [5.74, 6) is 0.901. The molecule has 0 fully saturated rings. The zero-order valence-corrected chi connectivity index (χ0v) is 16.9. The summed E-state index contributed by atoms with van der Waals surface area (Å²) in [6.45, 7) is 5.28. The molecule has 7 heteroatoms. The van der Waals surface area contributed by atoms with Crippen LogP contribution < -0.4 is 10.9 Å². The number of nitrogens with zero attached hydrogens (tertiary/aromatic N) is 3. The van der Waals surface area contributed by atoms with Gasteiger partial charge in [0.15, 0.2) is 0 Å². The molecular weight excluding hydrogens is 348 g/mol. The highest BCUT2D eigenvalue weighted by Gasteiger charge is 2.23. The van der Waals surface area contributed by atoms with E-state index in [1.54, 1.807) is 15.9 Å². The summed E-state index contributed by atoms with van der Waals surface area (Å²) in [7, 11) is 3.89. The third kappa shape index (κ3) is 3.99. The molecule has 1 aliphatic carbocycles. The zero-order chi connectivity index (χ0) is 18.8. The van der Waals surface area contributed by atoms with Gasteiger partial charge in [-0.25, -0.2) is 4.98 Å². The van der Waals surface area contributed by atoms with Crippen LogP contribution in [0.5, 0.6) is 0 Å². The van der Waals surface area contributed by atoms with Crippen molar-refractivity contribution in [2.75, 3.05) is 20.6 Å². The average Bonchev–Trinajstić information content (AvgIpc) is 2.94. The fourth-order valence-electron chi connectivity index (χ4n) is 3.36. The Labute approximate surface area is 158 Å². The van der Waals surface area contributed by atoms with Crippen LogP contribution in [0, 0.1) is 5.92 Å². The van der Waals surface area contributed by atoms with Gasteiger partial charge in [0.2, 0.25) is 5.91 Å². The molecule has 142 valence electrons. The minimum atomic E-state index is -0.133. The van der Waals surface area contributed by atoms with Gasteiger partial charge in [0.1, 0.15) is 17.2 Å². The van der Waals surface area contributed by atoms with Crippen LogP contribution in [0.15, 0.2) is 4.79 Å². The van der Waals surface area contributed by atoms with Crippen molar-refractivity contribution in [1.29, 1.82) is 0 Å². The van der Waals surface area contributed by atoms with E-state index < -0.39 is 0 Å². The van der Waals surface area contributed by atoms with Crippen molar-refractivity contribution in [3.05, 3.63) is 26.6 Å². The van der Waals surface area contributed by atoms with E-state index >= 15 is 0 Å². The second-order valence-corrected chi connectivity index (χ2v) is 8.83. The number of aryl methyl sites for hydroxylation is 2. The second kappa shape index (κ2) is 7.88. The standard InChI is InChI=1S/C19H28N4O2S/c1-12(2)9-20-16(24)11-23-15(10-22(3)4)21-18-17(19(23)25)13-7-5-6-8-14(13)26-18/h12H,5-11H2,1-4H3,(H,20,24). The molecular formula is C19H28N4O2S. The Morgan fingerprint density at radius 2 is 2.04 bits per heavy atom. The normalized spacial score (nSPS) is 14.2. The molecule has 0 atom stereocenters. The average molecular weight is 377 g/mol. The molecule has 0 aromatic carbocycles. The Morgan fingerprint density at radius 1 is 1.31 bits per heavy atom. The Bertz CT molecular complexity index is 867. The van der Waals surface area contributed by atoms with Gasteiger partial charge >= 0.3 is 0 Å². The molecule has 3 rings (SSSR count). The number of thiophene rings is 1. The van der Waals surface area contributed by atoms with Gasteiger partial charge in [0.25, 0.3) is 5.56 Å². The molecule has 0 radical (unpaired) electrons. The van der Waals surface area contributed by atoms with Crippen molar-refractivity contribution in [3.8, 4) is 0 Å². The summed E-state index contributed by atoms with van der Waals surface area (Å²) >= 11 is 1.65. The van der Waals surface area contributed by atoms with Crippen molar-refractivity contribution in [1.82, 2.24) is 19.8 Å². The Hall–Kier alpha value is -1.73. The number of hydrogen-bond acceptors (Lipinski definition) is 5. The molecule has 0 unspecified atom stereocenters. The van der Waals surface area contributed by atoms with E-state index in [9.17, 15) is 9.59 Å². The molecule has 0 saturated heterocycles. The number of amides is 1. The summed E-state index contributed by atoms with van der Waals surface area (Å²) in [5.41, 5.74) is 1.10. The lowest BCUT2D eigenvalue weighted by Crippen LogP contribution is -2.37. The lowest BCUT2D eigenvalue weighted by Gasteiger charge is -2.16. The van der Waals surface area contributed by atoms with Crippen LogP contribution in [0.1, 0.15) is 43.0 Å². The highest BCUT2D eigenvalue weighted by atomic mass is 32.1. The van der Waals surface area contributed by atoms with E-state index in [0.717, 1.165) is 29.5 Å². The number of carbonyl (C=O) groups excluding carboxylic acids is 1. The predicted molar refractivity (Wildman–Crippen MR) is 106 cm³/mol. The number of nitrogens with one attached hydrogen (secondary N) is 1. The molecule has 1 N–H and O–H groups in total. The highest BCUT2D eigenvalue weighted by molar-refractivity contribution is 7.18. The van der Waals surface area contributed by atoms with Crippen LogP contribution in [0.3, 0.4) is 0 Å². The highest BCUT2D eigenvalue weighted by Crippen LogP contribution is 2.33. The Kier molecular flexibility index (Phi) is 5.77. The number of rotatable bonds is 6. The van der Waals surface area contributed by atoms with Crippen LogP contribution >= 0.6 is 11.3 Å². The summed E-state index contributed by atoms with van der Waals surface area (Å²) in [6.07, 6.45) is 4.27. The molecule has 26 heavy (non-hydrogen) atoms. The van der Waals surface area contributed by atoms with Gasteiger partial charge in [-0.15, -0.1) is 11.3 Å². The predicted octanol–water partition coefficient (Wildman–Crippen LogP) is 2.17. The molecule has 0 bridgehead atoms. The van der Waals surface area contributed by atoms with E-state index in [0.29, 0.717) is 24.8 Å². The molecule has 2 aromatic rings. The lowest BCUT2D eigenvalue weighted by atomic mass is 9.97. The minimum Gasteiger partial charge on any atom is -0.354 e. The van der Waals surface area contributed by atoms with Gasteiger partial charge in [-0.2, -0.15) is 0 Å². The molecule has 6 nitrogen and oxygen atoms in total. The molecule has 0 spiro atoms. The van der Waals surface area contributed by atoms with Crippen LogP contribution in [-0.4, -0.2) is 41.0 Å². The van der Waals surface area contributed by atoms with Gasteiger partial charge in [-0.1, -0.05) is 13.8 Å². The first kappa shape index (κ1) is 19.0. The first-order valence-corrected chi connectivity index (χ1v) is 10.1. The van der Waals surface area contributed by atoms with E-state index in [1.807, 2.05) is 19.0 Å². The fraction of sp³-hybridized carbons (Fsp3) is 0.632. The van der Waals surface area contributed by atoms with E-state index in [1.165, 1.54) is 16.9 Å². The van der Waals surface area contributed by atoms with Gasteiger partial charge in [0, 0.05) is 11.4 Å². The molecule has 0 saturated carbocycles. The molecule has 1 aliphatic rings. The number of carbonyl (C=O) groups is 1. The van der Waals surface area contributed by atoms with Gasteiger partial charge < -0.3 is 10.2 Å². The maximum Gasteiger partial charge on any atom is 0.263 e.